The second-order valence-corrected chi connectivity index (χ2v) is 8.26. The number of rotatable bonds is 3. The van der Waals surface area contributed by atoms with Crippen LogP contribution in [0.1, 0.15) is 47.8 Å². The van der Waals surface area contributed by atoms with Crippen LogP contribution in [0.25, 0.3) is 10.9 Å². The number of amides is 1. The number of oxazole rings is 1. The predicted molar refractivity (Wildman–Crippen MR) is 103 cm³/mol. The monoisotopic (exact) mass is 380 g/mol. The zero-order valence-electron chi connectivity index (χ0n) is 16.1. The molecule has 3 aromatic rings. The minimum Gasteiger partial charge on any atom is -0.436 e. The van der Waals surface area contributed by atoms with Gasteiger partial charge in [0.25, 0.3) is 5.91 Å². The van der Waals surface area contributed by atoms with Crippen molar-refractivity contribution in [2.45, 2.75) is 63.8 Å². The fourth-order valence-electron chi connectivity index (χ4n) is 5.11. The van der Waals surface area contributed by atoms with Crippen LogP contribution in [-0.2, 0) is 6.54 Å². The van der Waals surface area contributed by atoms with Gasteiger partial charge in [0.15, 0.2) is 5.89 Å². The van der Waals surface area contributed by atoms with E-state index in [0.717, 1.165) is 23.7 Å². The Morgan fingerprint density at radius 3 is 2.71 bits per heavy atom. The first kappa shape index (κ1) is 17.4. The summed E-state index contributed by atoms with van der Waals surface area (Å²) in [6, 6.07) is 4.08. The van der Waals surface area contributed by atoms with E-state index in [0.29, 0.717) is 36.7 Å². The van der Waals surface area contributed by atoms with E-state index in [9.17, 15) is 9.90 Å². The molecule has 7 nitrogen and oxygen atoms in total. The van der Waals surface area contributed by atoms with Crippen LogP contribution in [0, 0.1) is 13.8 Å². The van der Waals surface area contributed by atoms with Crippen molar-refractivity contribution in [1.29, 1.82) is 0 Å². The highest BCUT2D eigenvalue weighted by Crippen LogP contribution is 2.42. The Bertz CT molecular complexity index is 1040. The van der Waals surface area contributed by atoms with Gasteiger partial charge in [0.2, 0.25) is 5.76 Å². The number of fused-ring (bicyclic) bond motifs is 3. The predicted octanol–water partition coefficient (Wildman–Crippen LogP) is 2.84. The molecule has 0 aliphatic carbocycles. The molecule has 5 heterocycles. The lowest BCUT2D eigenvalue weighted by Crippen LogP contribution is -2.54. The summed E-state index contributed by atoms with van der Waals surface area (Å²) in [4.78, 5) is 23.5. The molecule has 2 fully saturated rings. The number of hydrogen-bond donors (Lipinski definition) is 1. The molecule has 5 rings (SSSR count). The van der Waals surface area contributed by atoms with Gasteiger partial charge in [-0.1, -0.05) is 0 Å². The smallest absolute Gasteiger partial charge is 0.292 e. The van der Waals surface area contributed by atoms with Gasteiger partial charge in [0.1, 0.15) is 0 Å². The molecule has 2 bridgehead atoms. The van der Waals surface area contributed by atoms with Crippen molar-refractivity contribution >= 4 is 16.8 Å². The van der Waals surface area contributed by atoms with Crippen molar-refractivity contribution in [2.75, 3.05) is 0 Å². The largest absolute Gasteiger partial charge is 0.436 e. The molecule has 0 saturated carbocycles. The molecule has 2 aliphatic heterocycles. The summed E-state index contributed by atoms with van der Waals surface area (Å²) in [6.45, 7) is 4.07. The van der Waals surface area contributed by atoms with Crippen LogP contribution in [-0.4, -0.2) is 48.1 Å². The van der Waals surface area contributed by atoms with E-state index < -0.39 is 5.60 Å². The van der Waals surface area contributed by atoms with Gasteiger partial charge in [0, 0.05) is 36.8 Å². The van der Waals surface area contributed by atoms with E-state index in [1.54, 1.807) is 20.0 Å². The van der Waals surface area contributed by atoms with Crippen LogP contribution in [0.15, 0.2) is 35.1 Å². The molecule has 2 saturated heterocycles. The standard InChI is InChI=1S/C21H24N4O3/c1-13-19(28-14(2)23-13)20(26)25-16-3-4-17(25)10-21(27,9-16)12-24-8-6-15-5-7-22-11-18(15)24/h5-8,11,16-17,27H,3-4,9-10,12H2,1-2H3/t16-,17+,21?. The van der Waals surface area contributed by atoms with Crippen molar-refractivity contribution < 1.29 is 14.3 Å². The maximum atomic E-state index is 13.1. The van der Waals surface area contributed by atoms with Crippen molar-refractivity contribution in [1.82, 2.24) is 19.4 Å². The summed E-state index contributed by atoms with van der Waals surface area (Å²) in [5.74, 6) is 0.750. The Kier molecular flexibility index (Phi) is 3.84. The molecular formula is C21H24N4O3. The van der Waals surface area contributed by atoms with Gasteiger partial charge >= 0.3 is 0 Å². The SMILES string of the molecule is Cc1nc(C)c(C(=O)N2[C@@H]3CC[C@H]2CC(O)(Cn2ccc4ccncc42)C3)o1. The molecule has 146 valence electrons. The maximum absolute atomic E-state index is 13.1. The van der Waals surface area contributed by atoms with Gasteiger partial charge in [-0.2, -0.15) is 0 Å². The summed E-state index contributed by atoms with van der Waals surface area (Å²) < 4.78 is 7.64. The molecule has 0 radical (unpaired) electrons. The molecule has 0 spiro atoms. The third-order valence-corrected chi connectivity index (χ3v) is 6.22. The Balaban J connectivity index is 1.39. The van der Waals surface area contributed by atoms with E-state index in [1.807, 2.05) is 29.4 Å². The average Bonchev–Trinajstić information content (AvgIpc) is 3.29. The van der Waals surface area contributed by atoms with Gasteiger partial charge in [-0.15, -0.1) is 0 Å². The fraction of sp³-hybridized carbons (Fsp3) is 0.476. The number of nitrogens with zero attached hydrogens (tertiary/aromatic N) is 4. The molecule has 1 amide bonds. The molecular weight excluding hydrogens is 356 g/mol. The minimum atomic E-state index is -0.837. The Morgan fingerprint density at radius 1 is 1.29 bits per heavy atom. The summed E-state index contributed by atoms with van der Waals surface area (Å²) in [5, 5.41) is 12.5. The van der Waals surface area contributed by atoms with Crippen molar-refractivity contribution in [3.63, 3.8) is 0 Å². The minimum absolute atomic E-state index is 0.0287. The number of aliphatic hydroxyl groups is 1. The highest BCUT2D eigenvalue weighted by atomic mass is 16.4. The van der Waals surface area contributed by atoms with E-state index >= 15 is 0 Å². The number of aromatic nitrogens is 3. The second kappa shape index (κ2) is 6.17. The first-order valence-corrected chi connectivity index (χ1v) is 9.81. The van der Waals surface area contributed by atoms with Crippen LogP contribution < -0.4 is 0 Å². The lowest BCUT2D eigenvalue weighted by molar-refractivity contribution is -0.0539. The summed E-state index contributed by atoms with van der Waals surface area (Å²) >= 11 is 0. The van der Waals surface area contributed by atoms with E-state index in [2.05, 4.69) is 14.5 Å². The fourth-order valence-corrected chi connectivity index (χ4v) is 5.11. The van der Waals surface area contributed by atoms with Crippen LogP contribution in [0.4, 0.5) is 0 Å². The van der Waals surface area contributed by atoms with Crippen molar-refractivity contribution in [2.24, 2.45) is 0 Å². The van der Waals surface area contributed by atoms with E-state index in [-0.39, 0.29) is 18.0 Å². The molecule has 2 aliphatic rings. The van der Waals surface area contributed by atoms with Crippen LogP contribution in [0.5, 0.6) is 0 Å². The lowest BCUT2D eigenvalue weighted by atomic mass is 9.85. The highest BCUT2D eigenvalue weighted by molar-refractivity contribution is 5.93. The Labute approximate surface area is 163 Å². The van der Waals surface area contributed by atoms with Crippen LogP contribution in [0.3, 0.4) is 0 Å². The Hall–Kier alpha value is -2.67. The Morgan fingerprint density at radius 2 is 2.04 bits per heavy atom. The number of pyridine rings is 1. The van der Waals surface area contributed by atoms with E-state index in [4.69, 9.17) is 4.42 Å². The first-order valence-electron chi connectivity index (χ1n) is 9.81. The zero-order chi connectivity index (χ0) is 19.5. The van der Waals surface area contributed by atoms with E-state index in [1.165, 1.54) is 0 Å². The second-order valence-electron chi connectivity index (χ2n) is 8.26. The lowest BCUT2D eigenvalue weighted by Gasteiger charge is -2.43. The number of hydrogen-bond acceptors (Lipinski definition) is 5. The topological polar surface area (TPSA) is 84.4 Å². The number of aryl methyl sites for hydroxylation is 2. The molecule has 0 aromatic carbocycles. The number of carbonyl (C=O) groups is 1. The third-order valence-electron chi connectivity index (χ3n) is 6.22. The summed E-state index contributed by atoms with van der Waals surface area (Å²) in [6.07, 6.45) is 8.59. The van der Waals surface area contributed by atoms with Crippen molar-refractivity contribution in [3.8, 4) is 0 Å². The molecule has 3 aromatic heterocycles. The maximum Gasteiger partial charge on any atom is 0.292 e. The first-order chi connectivity index (χ1) is 13.4. The third kappa shape index (κ3) is 2.73. The van der Waals surface area contributed by atoms with Gasteiger partial charge in [-0.3, -0.25) is 9.78 Å². The highest BCUT2D eigenvalue weighted by Gasteiger charge is 2.50. The zero-order valence-corrected chi connectivity index (χ0v) is 16.1. The molecule has 1 N–H and O–H groups in total. The average molecular weight is 380 g/mol. The van der Waals surface area contributed by atoms with Crippen LogP contribution in [0.2, 0.25) is 0 Å². The summed E-state index contributed by atoms with van der Waals surface area (Å²) in [5.41, 5.74) is 0.820. The number of carbonyl (C=O) groups excluding carboxylic acids is 1. The van der Waals surface area contributed by atoms with Crippen LogP contribution >= 0.6 is 0 Å². The van der Waals surface area contributed by atoms with Crippen molar-refractivity contribution in [3.05, 3.63) is 48.1 Å². The normalized spacial score (nSPS) is 26.9. The molecule has 7 heteroatoms. The summed E-state index contributed by atoms with van der Waals surface area (Å²) in [7, 11) is 0. The molecule has 1 unspecified atom stereocenters. The van der Waals surface area contributed by atoms with Gasteiger partial charge in [-0.25, -0.2) is 4.98 Å². The number of piperidine rings is 1. The van der Waals surface area contributed by atoms with Gasteiger partial charge < -0.3 is 19.0 Å². The molecule has 28 heavy (non-hydrogen) atoms. The van der Waals surface area contributed by atoms with Gasteiger partial charge in [-0.05, 0) is 44.7 Å². The quantitative estimate of drug-likeness (QED) is 0.755. The van der Waals surface area contributed by atoms with Gasteiger partial charge in [0.05, 0.1) is 29.6 Å². The molecule has 3 atom stereocenters.